The monoisotopic (exact) mass is 263 g/mol. The number of hydrogen-bond acceptors (Lipinski definition) is 2. The van der Waals surface area contributed by atoms with Gasteiger partial charge in [0.25, 0.3) is 5.91 Å². The fourth-order valence-corrected chi connectivity index (χ4v) is 1.96. The van der Waals surface area contributed by atoms with Crippen LogP contribution >= 0.6 is 0 Å². The average Bonchev–Trinajstić information content (AvgIpc) is 2.26. The molecule has 0 spiro atoms. The van der Waals surface area contributed by atoms with Gasteiger partial charge in [-0.15, -0.1) is 0 Å². The molecule has 2 N–H and O–H groups in total. The predicted octanol–water partition coefficient (Wildman–Crippen LogP) is 2.53. The lowest BCUT2D eigenvalue weighted by Gasteiger charge is -2.21. The summed E-state index contributed by atoms with van der Waals surface area (Å²) in [6, 6.07) is 5.24. The number of benzene rings is 1. The Kier molecular flexibility index (Phi) is 5.10. The topological polar surface area (TPSA) is 66.4 Å². The van der Waals surface area contributed by atoms with E-state index >= 15 is 0 Å². The van der Waals surface area contributed by atoms with Crippen molar-refractivity contribution >= 4 is 11.9 Å². The lowest BCUT2D eigenvalue weighted by molar-refractivity contribution is -0.137. The van der Waals surface area contributed by atoms with Crippen molar-refractivity contribution in [2.45, 2.75) is 40.2 Å². The van der Waals surface area contributed by atoms with E-state index in [2.05, 4.69) is 5.32 Å². The van der Waals surface area contributed by atoms with E-state index in [1.54, 1.807) is 6.07 Å². The number of aryl methyl sites for hydroxylation is 2. The number of carboxylic acids is 1. The Balaban J connectivity index is 2.84. The lowest BCUT2D eigenvalue weighted by Crippen LogP contribution is -2.40. The minimum Gasteiger partial charge on any atom is -0.481 e. The third-order valence-electron chi connectivity index (χ3n) is 3.14. The van der Waals surface area contributed by atoms with E-state index in [4.69, 9.17) is 5.11 Å². The summed E-state index contributed by atoms with van der Waals surface area (Å²) in [6.07, 6.45) is -0.0612. The Morgan fingerprint density at radius 3 is 2.37 bits per heavy atom. The van der Waals surface area contributed by atoms with E-state index in [0.717, 1.165) is 11.1 Å². The lowest BCUT2D eigenvalue weighted by atomic mass is 9.99. The largest absolute Gasteiger partial charge is 0.481 e. The summed E-state index contributed by atoms with van der Waals surface area (Å²) in [4.78, 5) is 23.0. The van der Waals surface area contributed by atoms with Crippen LogP contribution < -0.4 is 5.32 Å². The number of carbonyl (C=O) groups is 2. The maximum Gasteiger partial charge on any atom is 0.305 e. The molecule has 0 aromatic heterocycles. The zero-order valence-electron chi connectivity index (χ0n) is 11.9. The number of amides is 1. The molecule has 1 amide bonds. The van der Waals surface area contributed by atoms with Crippen molar-refractivity contribution in [2.75, 3.05) is 0 Å². The fourth-order valence-electron chi connectivity index (χ4n) is 1.96. The first kappa shape index (κ1) is 15.2. The summed E-state index contributed by atoms with van der Waals surface area (Å²) in [5.41, 5.74) is 2.59. The summed E-state index contributed by atoms with van der Waals surface area (Å²) in [6.45, 7) is 7.64. The summed E-state index contributed by atoms with van der Waals surface area (Å²) in [5.74, 6) is -1.04. The van der Waals surface area contributed by atoms with Gasteiger partial charge in [0.15, 0.2) is 0 Å². The third-order valence-corrected chi connectivity index (χ3v) is 3.14. The maximum absolute atomic E-state index is 12.2. The van der Waals surface area contributed by atoms with Gasteiger partial charge in [-0.05, 0) is 31.4 Å². The van der Waals surface area contributed by atoms with Gasteiger partial charge in [-0.3, -0.25) is 9.59 Å². The van der Waals surface area contributed by atoms with E-state index in [9.17, 15) is 9.59 Å². The molecule has 4 nitrogen and oxygen atoms in total. The highest BCUT2D eigenvalue weighted by Crippen LogP contribution is 2.13. The van der Waals surface area contributed by atoms with Gasteiger partial charge in [0.1, 0.15) is 0 Å². The summed E-state index contributed by atoms with van der Waals surface area (Å²) >= 11 is 0. The molecular weight excluding hydrogens is 242 g/mol. The van der Waals surface area contributed by atoms with Gasteiger partial charge in [-0.1, -0.05) is 31.5 Å². The highest BCUT2D eigenvalue weighted by Gasteiger charge is 2.20. The predicted molar refractivity (Wildman–Crippen MR) is 74.3 cm³/mol. The van der Waals surface area contributed by atoms with Crippen molar-refractivity contribution in [3.05, 3.63) is 34.9 Å². The second-order valence-corrected chi connectivity index (χ2v) is 5.24. The average molecular weight is 263 g/mol. The molecule has 0 aliphatic heterocycles. The van der Waals surface area contributed by atoms with E-state index in [-0.39, 0.29) is 24.3 Å². The Morgan fingerprint density at radius 2 is 1.89 bits per heavy atom. The number of aliphatic carboxylic acids is 1. The van der Waals surface area contributed by atoms with Crippen molar-refractivity contribution in [2.24, 2.45) is 5.92 Å². The Hall–Kier alpha value is -1.84. The van der Waals surface area contributed by atoms with Crippen LogP contribution in [0.15, 0.2) is 18.2 Å². The Morgan fingerprint density at radius 1 is 1.26 bits per heavy atom. The van der Waals surface area contributed by atoms with Gasteiger partial charge < -0.3 is 10.4 Å². The van der Waals surface area contributed by atoms with Crippen molar-refractivity contribution in [3.63, 3.8) is 0 Å². The molecule has 0 saturated heterocycles. The van der Waals surface area contributed by atoms with Crippen molar-refractivity contribution in [1.29, 1.82) is 0 Å². The zero-order valence-corrected chi connectivity index (χ0v) is 11.9. The van der Waals surface area contributed by atoms with Gasteiger partial charge >= 0.3 is 5.97 Å². The molecule has 0 fully saturated rings. The molecule has 0 bridgehead atoms. The fraction of sp³-hybridized carbons (Fsp3) is 0.467. The van der Waals surface area contributed by atoms with Gasteiger partial charge in [0.2, 0.25) is 0 Å². The van der Waals surface area contributed by atoms with Crippen LogP contribution in [0.2, 0.25) is 0 Å². The second-order valence-electron chi connectivity index (χ2n) is 5.24. The molecule has 1 unspecified atom stereocenters. The standard InChI is InChI=1S/C15H21NO3/c1-9(2)13(8-14(17)18)16-15(19)12-6-5-10(3)7-11(12)4/h5-7,9,13H,8H2,1-4H3,(H,16,19)(H,17,18). The third kappa shape index (κ3) is 4.39. The van der Waals surface area contributed by atoms with Crippen LogP contribution in [0.3, 0.4) is 0 Å². The molecule has 19 heavy (non-hydrogen) atoms. The molecule has 0 heterocycles. The quantitative estimate of drug-likeness (QED) is 0.858. The van der Waals surface area contributed by atoms with E-state index < -0.39 is 5.97 Å². The van der Waals surface area contributed by atoms with Crippen molar-refractivity contribution in [3.8, 4) is 0 Å². The van der Waals surface area contributed by atoms with Crippen LogP contribution in [0.5, 0.6) is 0 Å². The first-order chi connectivity index (χ1) is 8.81. The summed E-state index contributed by atoms with van der Waals surface area (Å²) < 4.78 is 0. The molecule has 1 rings (SSSR count). The van der Waals surface area contributed by atoms with Crippen LogP contribution in [0.1, 0.15) is 41.8 Å². The first-order valence-electron chi connectivity index (χ1n) is 6.41. The summed E-state index contributed by atoms with van der Waals surface area (Å²) in [7, 11) is 0. The number of hydrogen-bond donors (Lipinski definition) is 2. The SMILES string of the molecule is Cc1ccc(C(=O)NC(CC(=O)O)C(C)C)c(C)c1. The molecule has 1 atom stereocenters. The second kappa shape index (κ2) is 6.36. The molecule has 0 aliphatic rings. The van der Waals surface area contributed by atoms with Crippen LogP contribution in [0, 0.1) is 19.8 Å². The molecule has 0 aliphatic carbocycles. The minimum absolute atomic E-state index is 0.0612. The molecule has 4 heteroatoms. The van der Waals surface area contributed by atoms with Crippen LogP contribution in [-0.2, 0) is 4.79 Å². The highest BCUT2D eigenvalue weighted by molar-refractivity contribution is 5.96. The van der Waals surface area contributed by atoms with Crippen molar-refractivity contribution < 1.29 is 14.7 Å². The highest BCUT2D eigenvalue weighted by atomic mass is 16.4. The van der Waals surface area contributed by atoms with Gasteiger partial charge in [0.05, 0.1) is 6.42 Å². The summed E-state index contributed by atoms with van der Waals surface area (Å²) in [5, 5.41) is 11.7. The van der Waals surface area contributed by atoms with Gasteiger partial charge in [-0.25, -0.2) is 0 Å². The first-order valence-corrected chi connectivity index (χ1v) is 6.41. The minimum atomic E-state index is -0.903. The molecular formula is C15H21NO3. The normalized spacial score (nSPS) is 12.3. The molecule has 1 aromatic rings. The van der Waals surface area contributed by atoms with Gasteiger partial charge in [0, 0.05) is 11.6 Å². The van der Waals surface area contributed by atoms with E-state index in [1.165, 1.54) is 0 Å². The number of carboxylic acid groups (broad SMARTS) is 1. The zero-order chi connectivity index (χ0) is 14.6. The van der Waals surface area contributed by atoms with E-state index in [0.29, 0.717) is 5.56 Å². The number of rotatable bonds is 5. The maximum atomic E-state index is 12.2. The molecule has 104 valence electrons. The Bertz CT molecular complexity index is 480. The number of nitrogens with one attached hydrogen (secondary N) is 1. The number of carbonyl (C=O) groups excluding carboxylic acids is 1. The Labute approximate surface area is 113 Å². The van der Waals surface area contributed by atoms with Crippen LogP contribution in [-0.4, -0.2) is 23.0 Å². The van der Waals surface area contributed by atoms with E-state index in [1.807, 2.05) is 39.8 Å². The van der Waals surface area contributed by atoms with Crippen LogP contribution in [0.4, 0.5) is 0 Å². The molecule has 1 aromatic carbocycles. The molecule has 0 radical (unpaired) electrons. The van der Waals surface area contributed by atoms with Gasteiger partial charge in [-0.2, -0.15) is 0 Å². The molecule has 0 saturated carbocycles. The van der Waals surface area contributed by atoms with Crippen LogP contribution in [0.25, 0.3) is 0 Å². The smallest absolute Gasteiger partial charge is 0.305 e. The van der Waals surface area contributed by atoms with Crippen molar-refractivity contribution in [1.82, 2.24) is 5.32 Å².